The van der Waals surface area contributed by atoms with E-state index in [1.165, 1.54) is 13.0 Å². The monoisotopic (exact) mass is 170 g/mol. The number of carboxylic acids is 1. The van der Waals surface area contributed by atoms with Gasteiger partial charge in [0.25, 0.3) is 0 Å². The zero-order valence-corrected chi connectivity index (χ0v) is 6.18. The molecule has 0 spiro atoms. The number of aromatic nitrogens is 2. The molecule has 0 unspecified atom stereocenters. The van der Waals surface area contributed by atoms with Crippen molar-refractivity contribution in [3.63, 3.8) is 0 Å². The Hall–Kier alpha value is -1.85. The quantitative estimate of drug-likeness (QED) is 0.636. The predicted molar refractivity (Wildman–Crippen MR) is 37.3 cm³/mol. The van der Waals surface area contributed by atoms with Crippen LogP contribution in [-0.2, 0) is 0 Å². The second kappa shape index (κ2) is 2.65. The number of hydrogen-bond acceptors (Lipinski definition) is 3. The van der Waals surface area contributed by atoms with E-state index < -0.39 is 12.1 Å². The van der Waals surface area contributed by atoms with E-state index >= 15 is 0 Å². The normalized spacial score (nSPS) is 9.75. The standard InChI is InChI=1S/C6H6N2O4/c1-3-2-4(5(9)10)7-8(3)6(11)12/h2H,1H3,(H,9,10)(H,11,12). The minimum absolute atomic E-state index is 0.269. The molecule has 1 heterocycles. The van der Waals surface area contributed by atoms with Gasteiger partial charge in [-0.2, -0.15) is 9.78 Å². The lowest BCUT2D eigenvalue weighted by atomic mass is 10.4. The minimum Gasteiger partial charge on any atom is -0.476 e. The van der Waals surface area contributed by atoms with Gasteiger partial charge in [0.1, 0.15) is 0 Å². The van der Waals surface area contributed by atoms with Crippen LogP contribution in [0.15, 0.2) is 6.07 Å². The maximum Gasteiger partial charge on any atom is 0.432 e. The van der Waals surface area contributed by atoms with Crippen LogP contribution in [0.2, 0.25) is 0 Å². The molecule has 0 amide bonds. The van der Waals surface area contributed by atoms with E-state index in [0.29, 0.717) is 4.68 Å². The summed E-state index contributed by atoms with van der Waals surface area (Å²) in [5.41, 5.74) is 0.00907. The molecular formula is C6H6N2O4. The van der Waals surface area contributed by atoms with Crippen LogP contribution in [0.5, 0.6) is 0 Å². The largest absolute Gasteiger partial charge is 0.476 e. The van der Waals surface area contributed by atoms with Crippen LogP contribution >= 0.6 is 0 Å². The SMILES string of the molecule is Cc1cc(C(=O)O)nn1C(=O)O. The molecule has 0 fully saturated rings. The second-order valence-electron chi connectivity index (χ2n) is 2.17. The maximum atomic E-state index is 10.4. The van der Waals surface area contributed by atoms with Crippen molar-refractivity contribution in [2.75, 3.05) is 0 Å². The molecule has 0 aliphatic heterocycles. The molecular weight excluding hydrogens is 164 g/mol. The van der Waals surface area contributed by atoms with Crippen molar-refractivity contribution in [1.29, 1.82) is 0 Å². The average molecular weight is 170 g/mol. The van der Waals surface area contributed by atoms with Crippen LogP contribution in [0.4, 0.5) is 4.79 Å². The third-order valence-electron chi connectivity index (χ3n) is 1.29. The first-order chi connectivity index (χ1) is 5.52. The Morgan fingerprint density at radius 1 is 1.50 bits per heavy atom. The zero-order valence-electron chi connectivity index (χ0n) is 6.18. The van der Waals surface area contributed by atoms with Gasteiger partial charge in [-0.25, -0.2) is 9.59 Å². The highest BCUT2D eigenvalue weighted by Gasteiger charge is 2.13. The van der Waals surface area contributed by atoms with Gasteiger partial charge in [0.05, 0.1) is 0 Å². The minimum atomic E-state index is -1.29. The summed E-state index contributed by atoms with van der Waals surface area (Å²) in [4.78, 5) is 20.7. The fourth-order valence-corrected chi connectivity index (χ4v) is 0.773. The molecule has 64 valence electrons. The highest BCUT2D eigenvalue weighted by Crippen LogP contribution is 2.02. The molecule has 0 aromatic carbocycles. The number of aromatic carboxylic acids is 1. The van der Waals surface area contributed by atoms with Crippen molar-refractivity contribution in [1.82, 2.24) is 9.78 Å². The molecule has 1 rings (SSSR count). The first kappa shape index (κ1) is 8.25. The fraction of sp³-hybridized carbons (Fsp3) is 0.167. The summed E-state index contributed by atoms with van der Waals surface area (Å²) >= 11 is 0. The van der Waals surface area contributed by atoms with Crippen molar-refractivity contribution in [2.24, 2.45) is 0 Å². The van der Waals surface area contributed by atoms with Crippen molar-refractivity contribution >= 4 is 12.1 Å². The van der Waals surface area contributed by atoms with Crippen molar-refractivity contribution in [2.45, 2.75) is 6.92 Å². The van der Waals surface area contributed by atoms with E-state index in [-0.39, 0.29) is 11.4 Å². The molecule has 0 aliphatic rings. The molecule has 2 N–H and O–H groups in total. The van der Waals surface area contributed by atoms with E-state index in [2.05, 4.69) is 5.10 Å². The Balaban J connectivity index is 3.17. The Morgan fingerprint density at radius 2 is 2.08 bits per heavy atom. The van der Waals surface area contributed by atoms with Gasteiger partial charge in [0.15, 0.2) is 5.69 Å². The number of carboxylic acid groups (broad SMARTS) is 2. The molecule has 6 heteroatoms. The summed E-state index contributed by atoms with van der Waals surface area (Å²) in [6.45, 7) is 1.47. The summed E-state index contributed by atoms with van der Waals surface area (Å²) in [5.74, 6) is -1.24. The van der Waals surface area contributed by atoms with E-state index in [0.717, 1.165) is 0 Å². The Bertz CT molecular complexity index is 341. The number of aryl methyl sites for hydroxylation is 1. The van der Waals surface area contributed by atoms with E-state index in [4.69, 9.17) is 10.2 Å². The van der Waals surface area contributed by atoms with Crippen LogP contribution in [-0.4, -0.2) is 32.1 Å². The summed E-state index contributed by atoms with van der Waals surface area (Å²) in [6, 6.07) is 1.19. The molecule has 12 heavy (non-hydrogen) atoms. The van der Waals surface area contributed by atoms with Gasteiger partial charge < -0.3 is 10.2 Å². The van der Waals surface area contributed by atoms with Gasteiger partial charge in [0, 0.05) is 5.69 Å². The van der Waals surface area contributed by atoms with Crippen LogP contribution in [0.1, 0.15) is 16.2 Å². The highest BCUT2D eigenvalue weighted by atomic mass is 16.4. The lowest BCUT2D eigenvalue weighted by Crippen LogP contribution is -2.12. The molecule has 0 saturated carbocycles. The molecule has 0 aliphatic carbocycles. The number of nitrogens with zero attached hydrogens (tertiary/aromatic N) is 2. The molecule has 0 atom stereocenters. The number of rotatable bonds is 1. The first-order valence-electron chi connectivity index (χ1n) is 3.05. The lowest BCUT2D eigenvalue weighted by molar-refractivity contribution is 0.0690. The molecule has 6 nitrogen and oxygen atoms in total. The second-order valence-corrected chi connectivity index (χ2v) is 2.17. The molecule has 0 bridgehead atoms. The lowest BCUT2D eigenvalue weighted by Gasteiger charge is -1.92. The maximum absolute atomic E-state index is 10.4. The summed E-state index contributed by atoms with van der Waals surface area (Å²) in [6.07, 6.45) is -1.29. The third kappa shape index (κ3) is 1.26. The molecule has 1 aromatic heterocycles. The van der Waals surface area contributed by atoms with E-state index in [1.54, 1.807) is 0 Å². The molecule has 1 aromatic rings. The van der Waals surface area contributed by atoms with Gasteiger partial charge in [-0.15, -0.1) is 0 Å². The zero-order chi connectivity index (χ0) is 9.30. The average Bonchev–Trinajstić information content (AvgIpc) is 2.30. The Morgan fingerprint density at radius 3 is 2.33 bits per heavy atom. The first-order valence-corrected chi connectivity index (χ1v) is 3.05. The van der Waals surface area contributed by atoms with Gasteiger partial charge in [-0.1, -0.05) is 0 Å². The van der Waals surface area contributed by atoms with Crippen LogP contribution < -0.4 is 0 Å². The highest BCUT2D eigenvalue weighted by molar-refractivity contribution is 5.86. The van der Waals surface area contributed by atoms with Gasteiger partial charge >= 0.3 is 12.1 Å². The van der Waals surface area contributed by atoms with Crippen LogP contribution in [0, 0.1) is 6.92 Å². The summed E-state index contributed by atoms with van der Waals surface area (Å²) < 4.78 is 0.615. The van der Waals surface area contributed by atoms with Crippen molar-refractivity contribution in [3.05, 3.63) is 17.5 Å². The smallest absolute Gasteiger partial charge is 0.432 e. The number of carbonyl (C=O) groups is 2. The van der Waals surface area contributed by atoms with Crippen molar-refractivity contribution in [3.8, 4) is 0 Å². The van der Waals surface area contributed by atoms with Gasteiger partial charge in [0.2, 0.25) is 0 Å². The Labute approximate surface area is 67.0 Å². The predicted octanol–water partition coefficient (Wildman–Crippen LogP) is 0.416. The summed E-state index contributed by atoms with van der Waals surface area (Å²) in [5, 5.41) is 20.2. The number of hydrogen-bond donors (Lipinski definition) is 2. The Kier molecular flexibility index (Phi) is 1.82. The molecule has 0 radical (unpaired) electrons. The summed E-state index contributed by atoms with van der Waals surface area (Å²) in [7, 11) is 0. The van der Waals surface area contributed by atoms with Gasteiger partial charge in [-0.05, 0) is 13.0 Å². The van der Waals surface area contributed by atoms with Crippen LogP contribution in [0.25, 0.3) is 0 Å². The molecule has 0 saturated heterocycles. The topological polar surface area (TPSA) is 92.4 Å². The van der Waals surface area contributed by atoms with Crippen molar-refractivity contribution < 1.29 is 19.8 Å². The third-order valence-corrected chi connectivity index (χ3v) is 1.29. The van der Waals surface area contributed by atoms with E-state index in [9.17, 15) is 9.59 Å². The van der Waals surface area contributed by atoms with Crippen LogP contribution in [0.3, 0.4) is 0 Å². The fourth-order valence-electron chi connectivity index (χ4n) is 0.773. The van der Waals surface area contributed by atoms with E-state index in [1.807, 2.05) is 0 Å². The van der Waals surface area contributed by atoms with Gasteiger partial charge in [-0.3, -0.25) is 0 Å².